The van der Waals surface area contributed by atoms with Crippen LogP contribution in [0.4, 0.5) is 5.69 Å². The molecule has 1 aromatic carbocycles. The van der Waals surface area contributed by atoms with Crippen molar-refractivity contribution >= 4 is 23.4 Å². The van der Waals surface area contributed by atoms with Crippen molar-refractivity contribution in [1.82, 2.24) is 4.90 Å². The van der Waals surface area contributed by atoms with Gasteiger partial charge in [0.2, 0.25) is 6.79 Å². The van der Waals surface area contributed by atoms with Crippen molar-refractivity contribution in [1.29, 1.82) is 0 Å². The van der Waals surface area contributed by atoms with E-state index in [1.54, 1.807) is 0 Å². The first kappa shape index (κ1) is 17.2. The zero-order valence-electron chi connectivity index (χ0n) is 14.0. The van der Waals surface area contributed by atoms with E-state index >= 15 is 0 Å². The first-order valence-electron chi connectivity index (χ1n) is 8.61. The van der Waals surface area contributed by atoms with Crippen LogP contribution in [0.3, 0.4) is 0 Å². The van der Waals surface area contributed by atoms with Crippen LogP contribution < -0.4 is 20.5 Å². The van der Waals surface area contributed by atoms with Crippen molar-refractivity contribution in [3.05, 3.63) is 18.2 Å². The lowest BCUT2D eigenvalue weighted by Crippen LogP contribution is -2.40. The summed E-state index contributed by atoms with van der Waals surface area (Å²) in [6.45, 7) is 3.94. The number of guanidine groups is 1. The van der Waals surface area contributed by atoms with Crippen molar-refractivity contribution in [2.75, 3.05) is 49.8 Å². The highest BCUT2D eigenvalue weighted by atomic mass is 32.2. The molecule has 1 aromatic rings. The lowest BCUT2D eigenvalue weighted by Gasteiger charge is -2.30. The van der Waals surface area contributed by atoms with Crippen molar-refractivity contribution in [2.24, 2.45) is 10.7 Å². The molecule has 24 heavy (non-hydrogen) atoms. The highest BCUT2D eigenvalue weighted by molar-refractivity contribution is 7.99. The van der Waals surface area contributed by atoms with Gasteiger partial charge in [0.05, 0.1) is 6.54 Å². The molecule has 0 atom stereocenters. The molecule has 3 rings (SSSR count). The van der Waals surface area contributed by atoms with Gasteiger partial charge in [0.1, 0.15) is 0 Å². The Balaban J connectivity index is 1.65. The van der Waals surface area contributed by atoms with Gasteiger partial charge in [-0.1, -0.05) is 0 Å². The second kappa shape index (κ2) is 9.03. The third kappa shape index (κ3) is 4.70. The van der Waals surface area contributed by atoms with Gasteiger partial charge in [-0.15, -0.1) is 0 Å². The summed E-state index contributed by atoms with van der Waals surface area (Å²) in [5.74, 6) is 4.54. The number of piperidine rings is 1. The molecule has 0 radical (unpaired) electrons. The first-order chi connectivity index (χ1) is 11.9. The van der Waals surface area contributed by atoms with Crippen LogP contribution in [0, 0.1) is 0 Å². The largest absolute Gasteiger partial charge is 0.454 e. The maximum absolute atomic E-state index is 5.53. The predicted molar refractivity (Wildman–Crippen MR) is 100 cm³/mol. The molecule has 2 aliphatic rings. The molecule has 1 saturated heterocycles. The van der Waals surface area contributed by atoms with E-state index < -0.39 is 0 Å². The average molecular weight is 350 g/mol. The number of thioether (sulfide) groups is 1. The fourth-order valence-electron chi connectivity index (χ4n) is 2.83. The van der Waals surface area contributed by atoms with Gasteiger partial charge in [-0.25, -0.2) is 0 Å². The molecule has 1 fully saturated rings. The SMILES string of the molecule is NCCSCCN=C(Nc1ccc2c(c1)OCO2)N1CCCCC1. The monoisotopic (exact) mass is 350 g/mol. The van der Waals surface area contributed by atoms with Crippen LogP contribution in [0.15, 0.2) is 23.2 Å². The number of aliphatic imine (C=N–C) groups is 1. The van der Waals surface area contributed by atoms with E-state index in [2.05, 4.69) is 10.2 Å². The smallest absolute Gasteiger partial charge is 0.231 e. The quantitative estimate of drug-likeness (QED) is 0.466. The van der Waals surface area contributed by atoms with Crippen molar-refractivity contribution in [2.45, 2.75) is 19.3 Å². The Morgan fingerprint density at radius 2 is 2.00 bits per heavy atom. The lowest BCUT2D eigenvalue weighted by atomic mass is 10.1. The van der Waals surface area contributed by atoms with E-state index in [0.717, 1.165) is 60.8 Å². The minimum absolute atomic E-state index is 0.296. The van der Waals surface area contributed by atoms with Crippen LogP contribution in [-0.4, -0.2) is 55.3 Å². The number of rotatable bonds is 6. The summed E-state index contributed by atoms with van der Waals surface area (Å²) in [6, 6.07) is 5.93. The number of benzene rings is 1. The summed E-state index contributed by atoms with van der Waals surface area (Å²) in [4.78, 5) is 7.15. The minimum Gasteiger partial charge on any atom is -0.454 e. The molecule has 2 heterocycles. The third-order valence-corrected chi connectivity index (χ3v) is 5.04. The summed E-state index contributed by atoms with van der Waals surface area (Å²) in [5.41, 5.74) is 6.52. The Bertz CT molecular complexity index is 562. The maximum atomic E-state index is 5.53. The summed E-state index contributed by atoms with van der Waals surface area (Å²) in [7, 11) is 0. The Morgan fingerprint density at radius 3 is 2.83 bits per heavy atom. The third-order valence-electron chi connectivity index (χ3n) is 4.04. The molecule has 2 aliphatic heterocycles. The maximum Gasteiger partial charge on any atom is 0.231 e. The fraction of sp³-hybridized carbons (Fsp3) is 0.588. The Kier molecular flexibility index (Phi) is 6.48. The van der Waals surface area contributed by atoms with Gasteiger partial charge in [-0.2, -0.15) is 11.8 Å². The highest BCUT2D eigenvalue weighted by Gasteiger charge is 2.17. The summed E-state index contributed by atoms with van der Waals surface area (Å²) >= 11 is 1.85. The van der Waals surface area contributed by atoms with Crippen LogP contribution >= 0.6 is 11.8 Å². The molecular weight excluding hydrogens is 324 g/mol. The van der Waals surface area contributed by atoms with Crippen molar-refractivity contribution in [3.8, 4) is 11.5 Å². The topological polar surface area (TPSA) is 72.1 Å². The van der Waals surface area contributed by atoms with Crippen LogP contribution in [0.2, 0.25) is 0 Å². The molecule has 0 amide bonds. The number of hydrogen-bond donors (Lipinski definition) is 2. The van der Waals surface area contributed by atoms with E-state index in [9.17, 15) is 0 Å². The lowest BCUT2D eigenvalue weighted by molar-refractivity contribution is 0.174. The van der Waals surface area contributed by atoms with E-state index in [0.29, 0.717) is 6.79 Å². The second-order valence-electron chi connectivity index (χ2n) is 5.85. The van der Waals surface area contributed by atoms with Gasteiger partial charge in [0, 0.05) is 42.9 Å². The standard InChI is InChI=1S/C17H26N4O2S/c18-6-10-24-11-7-19-17(21-8-2-1-3-9-21)20-14-4-5-15-16(12-14)23-13-22-15/h4-5,12H,1-3,6-11,13,18H2,(H,19,20). The van der Waals surface area contributed by atoms with Gasteiger partial charge in [0.25, 0.3) is 0 Å². The number of anilines is 1. The van der Waals surface area contributed by atoms with E-state index in [-0.39, 0.29) is 0 Å². The average Bonchev–Trinajstić information content (AvgIpc) is 3.09. The Hall–Kier alpha value is -1.60. The van der Waals surface area contributed by atoms with Crippen LogP contribution in [-0.2, 0) is 0 Å². The minimum atomic E-state index is 0.296. The molecule has 132 valence electrons. The molecule has 3 N–H and O–H groups in total. The second-order valence-corrected chi connectivity index (χ2v) is 7.07. The predicted octanol–water partition coefficient (Wildman–Crippen LogP) is 2.36. The molecule has 0 aliphatic carbocycles. The summed E-state index contributed by atoms with van der Waals surface area (Å²) < 4.78 is 10.8. The van der Waals surface area contributed by atoms with Gasteiger partial charge >= 0.3 is 0 Å². The van der Waals surface area contributed by atoms with Crippen LogP contribution in [0.25, 0.3) is 0 Å². The molecule has 6 nitrogen and oxygen atoms in total. The number of nitrogens with two attached hydrogens (primary N) is 1. The Labute approximate surface area is 147 Å². The van der Waals surface area contributed by atoms with Crippen molar-refractivity contribution < 1.29 is 9.47 Å². The van der Waals surface area contributed by atoms with E-state index in [1.165, 1.54) is 19.3 Å². The highest BCUT2D eigenvalue weighted by Crippen LogP contribution is 2.34. The van der Waals surface area contributed by atoms with Gasteiger partial charge in [-0.3, -0.25) is 4.99 Å². The van der Waals surface area contributed by atoms with E-state index in [4.69, 9.17) is 20.2 Å². The number of fused-ring (bicyclic) bond motifs is 1. The van der Waals surface area contributed by atoms with Crippen LogP contribution in [0.1, 0.15) is 19.3 Å². The molecule has 0 unspecified atom stereocenters. The Morgan fingerprint density at radius 1 is 1.17 bits per heavy atom. The van der Waals surface area contributed by atoms with Gasteiger partial charge in [-0.05, 0) is 31.4 Å². The van der Waals surface area contributed by atoms with Crippen LogP contribution in [0.5, 0.6) is 11.5 Å². The molecule has 0 spiro atoms. The van der Waals surface area contributed by atoms with Gasteiger partial charge in [0.15, 0.2) is 17.5 Å². The first-order valence-corrected chi connectivity index (χ1v) is 9.76. The van der Waals surface area contributed by atoms with E-state index in [1.807, 2.05) is 30.0 Å². The number of ether oxygens (including phenoxy) is 2. The summed E-state index contributed by atoms with van der Waals surface area (Å²) in [6.07, 6.45) is 3.76. The zero-order chi connectivity index (χ0) is 16.6. The normalized spacial score (nSPS) is 17.2. The van der Waals surface area contributed by atoms with Gasteiger partial charge < -0.3 is 25.4 Å². The fourth-order valence-corrected chi connectivity index (χ4v) is 3.42. The summed E-state index contributed by atoms with van der Waals surface area (Å²) in [5, 5.41) is 3.48. The molecule has 0 saturated carbocycles. The number of likely N-dealkylation sites (tertiary alicyclic amines) is 1. The molecule has 0 aromatic heterocycles. The zero-order valence-corrected chi connectivity index (χ0v) is 14.8. The molecule has 0 bridgehead atoms. The molecule has 7 heteroatoms. The molecular formula is C17H26N4O2S. The van der Waals surface area contributed by atoms with Crippen molar-refractivity contribution in [3.63, 3.8) is 0 Å². The number of hydrogen-bond acceptors (Lipinski definition) is 5. The number of nitrogens with zero attached hydrogens (tertiary/aromatic N) is 2. The number of nitrogens with one attached hydrogen (secondary N) is 1.